The first-order valence-corrected chi connectivity index (χ1v) is 7.41. The Kier molecular flexibility index (Phi) is 3.44. The molecule has 0 fully saturated rings. The normalized spacial score (nSPS) is 13.4. The van der Waals surface area contributed by atoms with Crippen LogP contribution >= 0.6 is 27.3 Å². The molecular weight excluding hydrogens is 328 g/mol. The molecule has 2 aromatic rings. The lowest BCUT2D eigenvalue weighted by Crippen LogP contribution is -2.25. The third-order valence-corrected chi connectivity index (χ3v) is 4.40. The number of amides is 1. The van der Waals surface area contributed by atoms with Crippen molar-refractivity contribution >= 4 is 44.5 Å². The molecule has 4 nitrogen and oxygen atoms in total. The van der Waals surface area contributed by atoms with Crippen LogP contribution in [0.3, 0.4) is 0 Å². The van der Waals surface area contributed by atoms with Gasteiger partial charge in [0.05, 0.1) is 5.69 Å². The molecule has 0 saturated carbocycles. The first-order valence-electron chi connectivity index (χ1n) is 5.74. The number of hydrogen-bond acceptors (Lipinski definition) is 4. The summed E-state index contributed by atoms with van der Waals surface area (Å²) in [5.41, 5.74) is 1.67. The number of ether oxygens (including phenoxy) is 1. The average molecular weight is 339 g/mol. The minimum Gasteiger partial charge on any atom is -0.482 e. The van der Waals surface area contributed by atoms with Crippen molar-refractivity contribution in [2.45, 2.75) is 6.54 Å². The van der Waals surface area contributed by atoms with Gasteiger partial charge in [-0.05, 0) is 40.2 Å². The van der Waals surface area contributed by atoms with E-state index in [1.807, 2.05) is 18.2 Å². The second kappa shape index (κ2) is 5.22. The van der Waals surface area contributed by atoms with Gasteiger partial charge in [-0.2, -0.15) is 0 Å². The van der Waals surface area contributed by atoms with Crippen molar-refractivity contribution in [1.82, 2.24) is 0 Å². The largest absolute Gasteiger partial charge is 0.482 e. The van der Waals surface area contributed by atoms with Gasteiger partial charge in [-0.25, -0.2) is 0 Å². The Labute approximate surface area is 122 Å². The van der Waals surface area contributed by atoms with Crippen LogP contribution in [0, 0.1) is 0 Å². The molecule has 1 aromatic carbocycles. The fourth-order valence-electron chi connectivity index (χ4n) is 1.83. The summed E-state index contributed by atoms with van der Waals surface area (Å²) in [6, 6.07) is 7.77. The molecule has 0 radical (unpaired) electrons. The van der Waals surface area contributed by atoms with Gasteiger partial charge in [0.1, 0.15) is 5.75 Å². The average Bonchev–Trinajstić information content (AvgIpc) is 2.81. The van der Waals surface area contributed by atoms with E-state index in [0.717, 1.165) is 16.7 Å². The zero-order valence-electron chi connectivity index (χ0n) is 9.90. The van der Waals surface area contributed by atoms with Crippen molar-refractivity contribution in [2.24, 2.45) is 0 Å². The van der Waals surface area contributed by atoms with E-state index >= 15 is 0 Å². The molecule has 0 saturated heterocycles. The van der Waals surface area contributed by atoms with E-state index in [9.17, 15) is 4.79 Å². The summed E-state index contributed by atoms with van der Waals surface area (Å²) >= 11 is 5.13. The molecule has 19 heavy (non-hydrogen) atoms. The van der Waals surface area contributed by atoms with E-state index in [1.165, 1.54) is 4.88 Å². The number of carbonyl (C=O) groups is 1. The molecule has 1 amide bonds. The van der Waals surface area contributed by atoms with Gasteiger partial charge in [0.15, 0.2) is 6.61 Å². The van der Waals surface area contributed by atoms with Gasteiger partial charge in [-0.3, -0.25) is 4.79 Å². The quantitative estimate of drug-likeness (QED) is 0.901. The number of fused-ring (bicyclic) bond motifs is 1. The molecule has 2 heterocycles. The maximum Gasteiger partial charge on any atom is 0.262 e. The highest BCUT2D eigenvalue weighted by atomic mass is 79.9. The maximum absolute atomic E-state index is 11.3. The summed E-state index contributed by atoms with van der Waals surface area (Å²) in [5.74, 6) is 0.593. The number of carbonyl (C=O) groups excluding carboxylic acids is 1. The highest BCUT2D eigenvalue weighted by Crippen LogP contribution is 2.30. The van der Waals surface area contributed by atoms with Gasteiger partial charge >= 0.3 is 0 Å². The summed E-state index contributed by atoms with van der Waals surface area (Å²) in [6.45, 7) is 0.840. The molecule has 1 aliphatic heterocycles. The molecule has 2 N–H and O–H groups in total. The summed E-state index contributed by atoms with van der Waals surface area (Å²) in [5, 5.41) is 8.17. The van der Waals surface area contributed by atoms with Crippen molar-refractivity contribution in [3.63, 3.8) is 0 Å². The van der Waals surface area contributed by atoms with Crippen LogP contribution in [0.2, 0.25) is 0 Å². The molecule has 1 aliphatic rings. The number of halogens is 1. The van der Waals surface area contributed by atoms with Gasteiger partial charge in [0.2, 0.25) is 0 Å². The fraction of sp³-hybridized carbons (Fsp3) is 0.154. The Bertz CT molecular complexity index is 627. The molecule has 3 rings (SSSR count). The Morgan fingerprint density at radius 3 is 3.11 bits per heavy atom. The summed E-state index contributed by atoms with van der Waals surface area (Å²) < 4.78 is 6.41. The second-order valence-electron chi connectivity index (χ2n) is 4.13. The van der Waals surface area contributed by atoms with Crippen LogP contribution in [-0.2, 0) is 11.3 Å². The summed E-state index contributed by atoms with van der Waals surface area (Å²) in [6.07, 6.45) is 0. The zero-order chi connectivity index (χ0) is 13.2. The number of anilines is 2. The molecular formula is C13H11BrN2O2S. The summed E-state index contributed by atoms with van der Waals surface area (Å²) in [7, 11) is 0. The van der Waals surface area contributed by atoms with E-state index in [1.54, 1.807) is 11.3 Å². The third kappa shape index (κ3) is 2.90. The Balaban J connectivity index is 1.71. The monoisotopic (exact) mass is 338 g/mol. The molecule has 98 valence electrons. The number of hydrogen-bond donors (Lipinski definition) is 2. The van der Waals surface area contributed by atoms with Crippen molar-refractivity contribution in [3.8, 4) is 5.75 Å². The van der Waals surface area contributed by atoms with Crippen LogP contribution in [-0.4, -0.2) is 12.5 Å². The first-order chi connectivity index (χ1) is 9.20. The Morgan fingerprint density at radius 1 is 1.42 bits per heavy atom. The first kappa shape index (κ1) is 12.5. The molecule has 6 heteroatoms. The van der Waals surface area contributed by atoms with Gasteiger partial charge < -0.3 is 15.4 Å². The van der Waals surface area contributed by atoms with E-state index in [-0.39, 0.29) is 12.5 Å². The van der Waals surface area contributed by atoms with Crippen LogP contribution in [0.15, 0.2) is 34.1 Å². The molecule has 0 spiro atoms. The zero-order valence-corrected chi connectivity index (χ0v) is 12.3. The number of benzene rings is 1. The SMILES string of the molecule is O=C1COc2ccc(NCc3cc(Br)cs3)cc2N1. The standard InChI is InChI=1S/C13H11BrN2O2S/c14-8-3-10(19-7-8)5-15-9-1-2-12-11(4-9)16-13(17)6-18-12/h1-4,7,15H,5-6H2,(H,16,17). The van der Waals surface area contributed by atoms with Crippen molar-refractivity contribution in [1.29, 1.82) is 0 Å². The van der Waals surface area contributed by atoms with Crippen molar-refractivity contribution in [3.05, 3.63) is 39.0 Å². The predicted octanol–water partition coefficient (Wildman–Crippen LogP) is 3.45. The molecule has 0 atom stereocenters. The van der Waals surface area contributed by atoms with E-state index in [2.05, 4.69) is 38.0 Å². The summed E-state index contributed by atoms with van der Waals surface area (Å²) in [4.78, 5) is 12.5. The lowest BCUT2D eigenvalue weighted by molar-refractivity contribution is -0.118. The Morgan fingerprint density at radius 2 is 2.32 bits per heavy atom. The fourth-order valence-corrected chi connectivity index (χ4v) is 3.22. The minimum absolute atomic E-state index is 0.0863. The number of thiophene rings is 1. The lowest BCUT2D eigenvalue weighted by atomic mass is 10.2. The van der Waals surface area contributed by atoms with Gasteiger partial charge in [0.25, 0.3) is 5.91 Å². The van der Waals surface area contributed by atoms with Gasteiger partial charge in [-0.15, -0.1) is 11.3 Å². The number of rotatable bonds is 3. The van der Waals surface area contributed by atoms with Crippen LogP contribution < -0.4 is 15.4 Å². The minimum atomic E-state index is -0.119. The molecule has 0 bridgehead atoms. The molecule has 0 unspecified atom stereocenters. The second-order valence-corrected chi connectivity index (χ2v) is 6.04. The van der Waals surface area contributed by atoms with E-state index in [0.29, 0.717) is 11.4 Å². The Hall–Kier alpha value is -1.53. The van der Waals surface area contributed by atoms with Crippen molar-refractivity contribution < 1.29 is 9.53 Å². The van der Waals surface area contributed by atoms with Gasteiger partial charge in [-0.1, -0.05) is 0 Å². The highest BCUT2D eigenvalue weighted by Gasteiger charge is 2.15. The number of nitrogens with one attached hydrogen (secondary N) is 2. The topological polar surface area (TPSA) is 50.4 Å². The van der Waals surface area contributed by atoms with E-state index < -0.39 is 0 Å². The lowest BCUT2D eigenvalue weighted by Gasteiger charge is -2.18. The van der Waals surface area contributed by atoms with Crippen LogP contribution in [0.1, 0.15) is 4.88 Å². The maximum atomic E-state index is 11.3. The van der Waals surface area contributed by atoms with Crippen LogP contribution in [0.4, 0.5) is 11.4 Å². The highest BCUT2D eigenvalue weighted by molar-refractivity contribution is 9.10. The van der Waals surface area contributed by atoms with E-state index in [4.69, 9.17) is 4.74 Å². The van der Waals surface area contributed by atoms with Crippen LogP contribution in [0.25, 0.3) is 0 Å². The molecule has 1 aromatic heterocycles. The predicted molar refractivity (Wildman–Crippen MR) is 79.9 cm³/mol. The smallest absolute Gasteiger partial charge is 0.262 e. The third-order valence-electron chi connectivity index (χ3n) is 2.70. The van der Waals surface area contributed by atoms with Crippen LogP contribution in [0.5, 0.6) is 5.75 Å². The van der Waals surface area contributed by atoms with Crippen molar-refractivity contribution in [2.75, 3.05) is 17.2 Å². The molecule has 0 aliphatic carbocycles. The van der Waals surface area contributed by atoms with Gasteiger partial charge in [0, 0.05) is 27.0 Å².